The van der Waals surface area contributed by atoms with Crippen molar-refractivity contribution < 1.29 is 14.3 Å². The van der Waals surface area contributed by atoms with Gasteiger partial charge in [0.15, 0.2) is 0 Å². The molecule has 128 valence electrons. The van der Waals surface area contributed by atoms with Crippen molar-refractivity contribution in [2.75, 3.05) is 25.6 Å². The molecule has 0 spiro atoms. The third-order valence-electron chi connectivity index (χ3n) is 3.86. The van der Waals surface area contributed by atoms with E-state index in [4.69, 9.17) is 9.47 Å². The molecule has 0 radical (unpaired) electrons. The quantitative estimate of drug-likeness (QED) is 0.899. The average Bonchev–Trinajstić information content (AvgIpc) is 3.01. The lowest BCUT2D eigenvalue weighted by molar-refractivity contribution is -0.119. The fraction of sp³-hybridized carbons (Fsp3) is 0.412. The number of benzene rings is 1. The van der Waals surface area contributed by atoms with Crippen molar-refractivity contribution in [2.45, 2.75) is 26.0 Å². The van der Waals surface area contributed by atoms with Crippen LogP contribution < -0.4 is 19.7 Å². The van der Waals surface area contributed by atoms with E-state index in [1.807, 2.05) is 23.6 Å². The molecule has 1 atom stereocenters. The topological polar surface area (TPSA) is 63.7 Å². The van der Waals surface area contributed by atoms with Crippen LogP contribution in [0, 0.1) is 0 Å². The van der Waals surface area contributed by atoms with Gasteiger partial charge in [-0.2, -0.15) is 0 Å². The Hall–Kier alpha value is -2.28. The highest BCUT2D eigenvalue weighted by Gasteiger charge is 2.24. The van der Waals surface area contributed by atoms with E-state index in [1.165, 1.54) is 11.3 Å². The van der Waals surface area contributed by atoms with Gasteiger partial charge in [-0.1, -0.05) is 0 Å². The van der Waals surface area contributed by atoms with Crippen LogP contribution in [0.5, 0.6) is 11.5 Å². The molecule has 0 saturated heterocycles. The zero-order valence-corrected chi connectivity index (χ0v) is 14.9. The fourth-order valence-electron chi connectivity index (χ4n) is 2.71. The normalized spacial score (nSPS) is 16.3. The summed E-state index contributed by atoms with van der Waals surface area (Å²) in [6, 6.07) is 5.83. The maximum atomic E-state index is 11.5. The van der Waals surface area contributed by atoms with E-state index >= 15 is 0 Å². The number of carbonyl (C=O) groups excluding carboxylic acids is 1. The van der Waals surface area contributed by atoms with Gasteiger partial charge >= 0.3 is 0 Å². The smallest absolute Gasteiger partial charge is 0.226 e. The van der Waals surface area contributed by atoms with Crippen molar-refractivity contribution in [2.24, 2.45) is 0 Å². The SMILES string of the molecule is CNC(=O)Cc1nc(CN2CC(C)Oc3ccc(OC)cc32)cs1. The summed E-state index contributed by atoms with van der Waals surface area (Å²) in [5, 5.41) is 5.46. The van der Waals surface area contributed by atoms with Crippen LogP contribution in [-0.4, -0.2) is 37.7 Å². The first-order chi connectivity index (χ1) is 11.6. The standard InChI is InChI=1S/C17H21N3O3S/c1-11-8-20(14-6-13(22-3)4-5-15(14)23-11)9-12-10-24-17(19-12)7-16(21)18-2/h4-6,10-11H,7-9H2,1-3H3,(H,18,21). The van der Waals surface area contributed by atoms with Crippen LogP contribution in [-0.2, 0) is 17.8 Å². The van der Waals surface area contributed by atoms with Crippen LogP contribution in [0.15, 0.2) is 23.6 Å². The minimum atomic E-state index is -0.0222. The molecule has 24 heavy (non-hydrogen) atoms. The molecule has 0 fully saturated rings. The van der Waals surface area contributed by atoms with Gasteiger partial charge in [-0.05, 0) is 19.1 Å². The molecule has 1 aliphatic rings. The van der Waals surface area contributed by atoms with E-state index in [1.54, 1.807) is 14.2 Å². The van der Waals surface area contributed by atoms with Gasteiger partial charge in [0.1, 0.15) is 22.6 Å². The Morgan fingerprint density at radius 1 is 1.54 bits per heavy atom. The van der Waals surface area contributed by atoms with Crippen LogP contribution in [0.4, 0.5) is 5.69 Å². The Morgan fingerprint density at radius 3 is 3.12 bits per heavy atom. The molecule has 1 N–H and O–H groups in total. The Bertz CT molecular complexity index is 732. The summed E-state index contributed by atoms with van der Waals surface area (Å²) in [6.45, 7) is 3.51. The number of thiazole rings is 1. The largest absolute Gasteiger partial charge is 0.497 e. The van der Waals surface area contributed by atoms with E-state index in [9.17, 15) is 4.79 Å². The van der Waals surface area contributed by atoms with Gasteiger partial charge in [-0.25, -0.2) is 4.98 Å². The molecule has 1 aromatic carbocycles. The number of carbonyl (C=O) groups is 1. The van der Waals surface area contributed by atoms with Crippen molar-refractivity contribution in [3.05, 3.63) is 34.3 Å². The molecule has 2 aromatic rings. The van der Waals surface area contributed by atoms with E-state index in [0.717, 1.165) is 34.4 Å². The van der Waals surface area contributed by atoms with Gasteiger partial charge in [0.2, 0.25) is 5.91 Å². The lowest BCUT2D eigenvalue weighted by atomic mass is 10.2. The third kappa shape index (κ3) is 3.62. The Kier molecular flexibility index (Phi) is 4.89. The number of rotatable bonds is 5. The van der Waals surface area contributed by atoms with Gasteiger partial charge in [-0.3, -0.25) is 4.79 Å². The molecule has 1 aromatic heterocycles. The van der Waals surface area contributed by atoms with Crippen LogP contribution in [0.1, 0.15) is 17.6 Å². The van der Waals surface area contributed by atoms with E-state index < -0.39 is 0 Å². The number of amides is 1. The number of fused-ring (bicyclic) bond motifs is 1. The third-order valence-corrected chi connectivity index (χ3v) is 4.75. The zero-order valence-electron chi connectivity index (χ0n) is 14.0. The summed E-state index contributed by atoms with van der Waals surface area (Å²) < 4.78 is 11.2. The van der Waals surface area contributed by atoms with Gasteiger partial charge in [0.05, 0.1) is 38.0 Å². The minimum absolute atomic E-state index is 0.0222. The predicted octanol–water partition coefficient (Wildman–Crippen LogP) is 2.23. The fourth-order valence-corrected chi connectivity index (χ4v) is 3.49. The first-order valence-corrected chi connectivity index (χ1v) is 8.70. The Labute approximate surface area is 145 Å². The maximum absolute atomic E-state index is 11.5. The average molecular weight is 347 g/mol. The molecule has 1 amide bonds. The number of hydrogen-bond donors (Lipinski definition) is 1. The summed E-state index contributed by atoms with van der Waals surface area (Å²) in [7, 11) is 3.29. The van der Waals surface area contributed by atoms with Crippen molar-refractivity contribution in [3.63, 3.8) is 0 Å². The monoisotopic (exact) mass is 347 g/mol. The van der Waals surface area contributed by atoms with Crippen LogP contribution in [0.2, 0.25) is 0 Å². The van der Waals surface area contributed by atoms with Gasteiger partial charge in [-0.15, -0.1) is 11.3 Å². The first-order valence-electron chi connectivity index (χ1n) is 7.82. The van der Waals surface area contributed by atoms with Crippen molar-refractivity contribution >= 4 is 22.9 Å². The molecule has 0 bridgehead atoms. The lowest BCUT2D eigenvalue weighted by Gasteiger charge is -2.34. The number of ether oxygens (including phenoxy) is 2. The molecule has 1 aliphatic heterocycles. The predicted molar refractivity (Wildman–Crippen MR) is 94.0 cm³/mol. The highest BCUT2D eigenvalue weighted by atomic mass is 32.1. The second-order valence-electron chi connectivity index (χ2n) is 5.73. The molecule has 2 heterocycles. The van der Waals surface area contributed by atoms with Crippen LogP contribution in [0.25, 0.3) is 0 Å². The highest BCUT2D eigenvalue weighted by Crippen LogP contribution is 2.37. The minimum Gasteiger partial charge on any atom is -0.497 e. The molecule has 7 heteroatoms. The van der Waals surface area contributed by atoms with E-state index in [0.29, 0.717) is 13.0 Å². The summed E-state index contributed by atoms with van der Waals surface area (Å²) in [6.07, 6.45) is 0.431. The van der Waals surface area contributed by atoms with Crippen LogP contribution >= 0.6 is 11.3 Å². The molecule has 6 nitrogen and oxygen atoms in total. The number of methoxy groups -OCH3 is 1. The van der Waals surface area contributed by atoms with Gasteiger partial charge < -0.3 is 19.7 Å². The van der Waals surface area contributed by atoms with Gasteiger partial charge in [0, 0.05) is 18.5 Å². The van der Waals surface area contributed by atoms with E-state index in [-0.39, 0.29) is 12.0 Å². The Morgan fingerprint density at radius 2 is 2.38 bits per heavy atom. The lowest BCUT2D eigenvalue weighted by Crippen LogP contribution is -2.38. The molecule has 1 unspecified atom stereocenters. The number of aromatic nitrogens is 1. The number of nitrogens with one attached hydrogen (secondary N) is 1. The zero-order chi connectivity index (χ0) is 17.1. The molecular formula is C17H21N3O3S. The summed E-state index contributed by atoms with van der Waals surface area (Å²) in [5.74, 6) is 1.64. The van der Waals surface area contributed by atoms with Crippen molar-refractivity contribution in [1.82, 2.24) is 10.3 Å². The molecule has 0 saturated carbocycles. The maximum Gasteiger partial charge on any atom is 0.226 e. The number of hydrogen-bond acceptors (Lipinski definition) is 6. The van der Waals surface area contributed by atoms with E-state index in [2.05, 4.69) is 22.1 Å². The molecule has 3 rings (SSSR count). The van der Waals surface area contributed by atoms with Crippen molar-refractivity contribution in [1.29, 1.82) is 0 Å². The Balaban J connectivity index is 1.79. The number of anilines is 1. The van der Waals surface area contributed by atoms with Gasteiger partial charge in [0.25, 0.3) is 0 Å². The summed E-state index contributed by atoms with van der Waals surface area (Å²) in [4.78, 5) is 18.3. The molecular weight excluding hydrogens is 326 g/mol. The second kappa shape index (κ2) is 7.09. The second-order valence-corrected chi connectivity index (χ2v) is 6.67. The summed E-state index contributed by atoms with van der Waals surface area (Å²) in [5.41, 5.74) is 1.97. The van der Waals surface area contributed by atoms with Crippen molar-refractivity contribution in [3.8, 4) is 11.5 Å². The highest BCUT2D eigenvalue weighted by molar-refractivity contribution is 7.09. The number of likely N-dealkylation sites (N-methyl/N-ethyl adjacent to an activating group) is 1. The number of nitrogens with zero attached hydrogens (tertiary/aromatic N) is 2. The first kappa shape index (κ1) is 16.6. The molecule has 0 aliphatic carbocycles. The van der Waals surface area contributed by atoms with Crippen LogP contribution in [0.3, 0.4) is 0 Å². The summed E-state index contributed by atoms with van der Waals surface area (Å²) >= 11 is 1.52.